The number of carbonyl (C=O) groups is 3. The number of hydrogen-bond acceptors (Lipinski definition) is 5. The van der Waals surface area contributed by atoms with Crippen LogP contribution in [0.1, 0.15) is 15.7 Å². The number of hydrogen-bond donors (Lipinski definition) is 3. The van der Waals surface area contributed by atoms with Crippen molar-refractivity contribution >= 4 is 55.6 Å². The van der Waals surface area contributed by atoms with Crippen LogP contribution in [0.2, 0.25) is 0 Å². The summed E-state index contributed by atoms with van der Waals surface area (Å²) >= 11 is 0. The molecule has 0 aromatic carbocycles. The van der Waals surface area contributed by atoms with E-state index in [2.05, 4.69) is 0 Å². The Labute approximate surface area is 149 Å². The number of rotatable bonds is 8. The summed E-state index contributed by atoms with van der Waals surface area (Å²) in [7, 11) is 5.64. The van der Waals surface area contributed by atoms with Crippen LogP contribution in [0.3, 0.4) is 0 Å². The van der Waals surface area contributed by atoms with Crippen molar-refractivity contribution in [3.8, 4) is 0 Å². The number of ether oxygens (including phenoxy) is 1. The van der Waals surface area contributed by atoms with Crippen molar-refractivity contribution in [1.29, 1.82) is 0 Å². The Kier molecular flexibility index (Phi) is 9.61. The number of aliphatic hydroxyl groups is 1. The van der Waals surface area contributed by atoms with Crippen molar-refractivity contribution in [2.24, 2.45) is 0 Å². The van der Waals surface area contributed by atoms with Gasteiger partial charge in [0.05, 0.1) is 34.0 Å². The molecule has 1 unspecified atom stereocenters. The van der Waals surface area contributed by atoms with Crippen LogP contribution in [0.15, 0.2) is 0 Å². The smallest absolute Gasteiger partial charge is 1.00 e. The molecule has 0 rings (SSSR count). The van der Waals surface area contributed by atoms with Crippen LogP contribution in [0.25, 0.3) is 0 Å². The number of carboxylic acid groups (broad SMARTS) is 2. The number of aliphatic carboxylic acids is 2. The third kappa shape index (κ3) is 9.49. The van der Waals surface area contributed by atoms with Crippen LogP contribution < -0.4 is 0 Å². The van der Waals surface area contributed by atoms with Crippen molar-refractivity contribution in [3.05, 3.63) is 0 Å². The SMILES string of the molecule is C[N+](C)(C)CCOC(=O)CC(O)(CC(=O)O)C(=O)O.[Ca+2].[H-].[H-]. The summed E-state index contributed by atoms with van der Waals surface area (Å²) in [6.45, 7) is 0.571. The Morgan fingerprint density at radius 3 is 2.00 bits per heavy atom. The average molecular weight is 320 g/mol. The second kappa shape index (κ2) is 8.78. The van der Waals surface area contributed by atoms with Crippen LogP contribution >= 0.6 is 0 Å². The molecule has 0 amide bonds. The second-order valence-electron chi connectivity index (χ2n) is 5.32. The van der Waals surface area contributed by atoms with E-state index in [4.69, 9.17) is 14.9 Å². The Morgan fingerprint density at radius 2 is 1.65 bits per heavy atom. The van der Waals surface area contributed by atoms with Gasteiger partial charge in [0.25, 0.3) is 0 Å². The Hall–Kier alpha value is -0.410. The Balaban J connectivity index is -0.000000540. The number of carbonyl (C=O) groups excluding carboxylic acids is 1. The minimum Gasteiger partial charge on any atom is -1.00 e. The quantitative estimate of drug-likeness (QED) is 0.290. The molecule has 0 aliphatic carbocycles. The van der Waals surface area contributed by atoms with E-state index in [1.807, 2.05) is 21.1 Å². The molecular formula is C11H22CaNO7+. The molecule has 9 heteroatoms. The average Bonchev–Trinajstić information content (AvgIpc) is 2.12. The van der Waals surface area contributed by atoms with E-state index < -0.39 is 36.4 Å². The molecule has 0 aromatic heterocycles. The minimum absolute atomic E-state index is 0. The second-order valence-corrected chi connectivity index (χ2v) is 5.32. The van der Waals surface area contributed by atoms with Gasteiger partial charge < -0.3 is 27.4 Å². The summed E-state index contributed by atoms with van der Waals surface area (Å²) in [6.07, 6.45) is -1.96. The third-order valence-electron chi connectivity index (χ3n) is 2.30. The topological polar surface area (TPSA) is 121 Å². The number of likely N-dealkylation sites (N-methyl/N-ethyl adjacent to an activating group) is 1. The van der Waals surface area contributed by atoms with Gasteiger partial charge in [-0.05, 0) is 0 Å². The molecule has 0 aliphatic heterocycles. The first-order valence-corrected chi connectivity index (χ1v) is 5.60. The van der Waals surface area contributed by atoms with E-state index in [-0.39, 0.29) is 47.2 Å². The van der Waals surface area contributed by atoms with Crippen molar-refractivity contribution in [3.63, 3.8) is 0 Å². The van der Waals surface area contributed by atoms with E-state index in [0.29, 0.717) is 11.0 Å². The summed E-state index contributed by atoms with van der Waals surface area (Å²) in [5, 5.41) is 26.9. The van der Waals surface area contributed by atoms with Gasteiger partial charge in [-0.2, -0.15) is 0 Å². The zero-order valence-electron chi connectivity index (χ0n) is 14.0. The zero-order valence-corrected chi connectivity index (χ0v) is 14.2. The predicted molar refractivity (Wildman–Crippen MR) is 71.3 cm³/mol. The molecular weight excluding hydrogens is 298 g/mol. The van der Waals surface area contributed by atoms with Gasteiger partial charge in [-0.25, -0.2) is 4.79 Å². The fourth-order valence-electron chi connectivity index (χ4n) is 1.19. The molecule has 20 heavy (non-hydrogen) atoms. The van der Waals surface area contributed by atoms with Gasteiger partial charge in [-0.15, -0.1) is 0 Å². The van der Waals surface area contributed by atoms with Gasteiger partial charge in [0.15, 0.2) is 5.60 Å². The standard InChI is InChI=1S/C11H19NO7.Ca.2H/c1-12(2,3)4-5-19-9(15)7-11(18,10(16)17)6-8(13)14;;;/h18H,4-7H2,1-3H3,(H-,13,14,16,17);;;/q;+2;2*-1/p+1. The summed E-state index contributed by atoms with van der Waals surface area (Å²) in [6, 6.07) is 0. The first-order chi connectivity index (χ1) is 8.46. The van der Waals surface area contributed by atoms with Gasteiger partial charge >= 0.3 is 55.6 Å². The van der Waals surface area contributed by atoms with Gasteiger partial charge in [-0.1, -0.05) is 0 Å². The monoisotopic (exact) mass is 320 g/mol. The molecule has 0 radical (unpaired) electrons. The molecule has 1 atom stereocenters. The molecule has 3 N–H and O–H groups in total. The largest absolute Gasteiger partial charge is 2.00 e. The molecule has 0 aromatic rings. The summed E-state index contributed by atoms with van der Waals surface area (Å²) < 4.78 is 5.32. The number of esters is 1. The van der Waals surface area contributed by atoms with Gasteiger partial charge in [-0.3, -0.25) is 9.59 Å². The maximum Gasteiger partial charge on any atom is 2.00 e. The molecule has 0 saturated carbocycles. The van der Waals surface area contributed by atoms with E-state index >= 15 is 0 Å². The maximum absolute atomic E-state index is 11.4. The van der Waals surface area contributed by atoms with Gasteiger partial charge in [0.1, 0.15) is 13.2 Å². The Bertz CT molecular complexity index is 376. The molecule has 114 valence electrons. The van der Waals surface area contributed by atoms with Crippen LogP contribution in [-0.2, 0) is 19.1 Å². The number of nitrogens with zero attached hydrogens (tertiary/aromatic N) is 1. The molecule has 0 spiro atoms. The van der Waals surface area contributed by atoms with Crippen molar-refractivity contribution in [1.82, 2.24) is 0 Å². The maximum atomic E-state index is 11.4. The van der Waals surface area contributed by atoms with Crippen LogP contribution in [-0.4, -0.2) is 115 Å². The molecule has 0 heterocycles. The normalized spacial score (nSPS) is 13.8. The fourth-order valence-corrected chi connectivity index (χ4v) is 1.19. The first kappa shape index (κ1) is 21.9. The van der Waals surface area contributed by atoms with Crippen LogP contribution in [0.4, 0.5) is 0 Å². The van der Waals surface area contributed by atoms with Gasteiger partial charge in [0.2, 0.25) is 0 Å². The summed E-state index contributed by atoms with van der Waals surface area (Å²) in [4.78, 5) is 32.7. The summed E-state index contributed by atoms with van der Waals surface area (Å²) in [5.41, 5.74) is -2.64. The first-order valence-electron chi connectivity index (χ1n) is 5.60. The van der Waals surface area contributed by atoms with Crippen molar-refractivity contribution < 1.29 is 41.8 Å². The van der Waals surface area contributed by atoms with E-state index in [9.17, 15) is 19.5 Å². The van der Waals surface area contributed by atoms with Crippen molar-refractivity contribution in [2.75, 3.05) is 34.3 Å². The molecule has 8 nitrogen and oxygen atoms in total. The molecule has 0 saturated heterocycles. The van der Waals surface area contributed by atoms with E-state index in [0.717, 1.165) is 0 Å². The van der Waals surface area contributed by atoms with Crippen molar-refractivity contribution in [2.45, 2.75) is 18.4 Å². The van der Waals surface area contributed by atoms with Gasteiger partial charge in [0, 0.05) is 0 Å². The summed E-state index contributed by atoms with van der Waals surface area (Å²) in [5.74, 6) is -4.22. The molecule has 0 aliphatic rings. The molecule has 0 fully saturated rings. The minimum atomic E-state index is -2.64. The van der Waals surface area contributed by atoms with E-state index in [1.54, 1.807) is 0 Å². The third-order valence-corrected chi connectivity index (χ3v) is 2.30. The predicted octanol–water partition coefficient (Wildman–Crippen LogP) is -1.24. The Morgan fingerprint density at radius 1 is 1.15 bits per heavy atom. The number of carboxylic acids is 2. The number of quaternary nitrogens is 1. The van der Waals surface area contributed by atoms with Crippen LogP contribution in [0.5, 0.6) is 0 Å². The zero-order chi connectivity index (χ0) is 15.3. The fraction of sp³-hybridized carbons (Fsp3) is 0.727. The molecule has 0 bridgehead atoms. The van der Waals surface area contributed by atoms with Crippen LogP contribution in [0, 0.1) is 0 Å². The van der Waals surface area contributed by atoms with E-state index in [1.165, 1.54) is 0 Å².